The maximum absolute atomic E-state index is 13.2. The number of alkyl halides is 4. The summed E-state index contributed by atoms with van der Waals surface area (Å²) >= 11 is 6.72. The number of carbonyl (C=O) groups excluding carboxylic acids is 2. The summed E-state index contributed by atoms with van der Waals surface area (Å²) in [5.41, 5.74) is 1.21. The summed E-state index contributed by atoms with van der Waals surface area (Å²) in [5, 5.41) is 13.8. The molecule has 14 heteroatoms. The van der Waals surface area contributed by atoms with Crippen molar-refractivity contribution in [2.24, 2.45) is 10.8 Å². The number of hydrogen-bond acceptors (Lipinski definition) is 5. The monoisotopic (exact) mass is 609 g/mol. The summed E-state index contributed by atoms with van der Waals surface area (Å²) in [7, 11) is 0. The third-order valence-electron chi connectivity index (χ3n) is 4.41. The van der Waals surface area contributed by atoms with E-state index in [9.17, 15) is 27.6 Å². The van der Waals surface area contributed by atoms with Gasteiger partial charge in [-0.1, -0.05) is 37.4 Å². The highest BCUT2D eigenvalue weighted by Gasteiger charge is 2.33. The molecule has 0 aliphatic heterocycles. The highest BCUT2D eigenvalue weighted by atomic mass is 79.9. The van der Waals surface area contributed by atoms with E-state index < -0.39 is 40.5 Å². The standard InChI is InChI=1S/C20H20Br2F3N5O4/c21-14-3-11(1-2-17(32)33)7-19(22,8-14)30-16(31)9-27-18(34)12-4-13(20(23,24)25)6-15(5-12)28-10-29-26/h3-6,8,10H,1-2,7,9,26H2,(H,27,34)(H,28,29)(H,30,31)(H,32,33). The molecule has 0 aromatic heterocycles. The van der Waals surface area contributed by atoms with Gasteiger partial charge in [0.15, 0.2) is 0 Å². The molecule has 2 amide bonds. The molecule has 1 aromatic carbocycles. The van der Waals surface area contributed by atoms with Crippen molar-refractivity contribution in [3.8, 4) is 0 Å². The molecular weight excluding hydrogens is 591 g/mol. The van der Waals surface area contributed by atoms with Crippen LogP contribution < -0.4 is 21.9 Å². The average Bonchev–Trinajstić information content (AvgIpc) is 2.72. The molecule has 1 aromatic rings. The van der Waals surface area contributed by atoms with Crippen molar-refractivity contribution in [1.82, 2.24) is 16.1 Å². The number of benzene rings is 1. The summed E-state index contributed by atoms with van der Waals surface area (Å²) in [6.45, 7) is -0.523. The van der Waals surface area contributed by atoms with Crippen LogP contribution in [0.15, 0.2) is 45.4 Å². The van der Waals surface area contributed by atoms with Crippen molar-refractivity contribution in [2.75, 3.05) is 6.54 Å². The summed E-state index contributed by atoms with van der Waals surface area (Å²) in [5.74, 6) is 2.53. The minimum absolute atomic E-state index is 0.0798. The minimum Gasteiger partial charge on any atom is -0.481 e. The second-order valence-corrected chi connectivity index (χ2v) is 9.52. The molecule has 0 radical (unpaired) electrons. The summed E-state index contributed by atoms with van der Waals surface area (Å²) in [6, 6.07) is 2.51. The highest BCUT2D eigenvalue weighted by Crippen LogP contribution is 2.36. The van der Waals surface area contributed by atoms with E-state index in [1.807, 2.05) is 0 Å². The molecule has 1 aliphatic rings. The first-order valence-corrected chi connectivity index (χ1v) is 11.2. The Morgan fingerprint density at radius 1 is 1.26 bits per heavy atom. The zero-order valence-electron chi connectivity index (χ0n) is 17.4. The molecule has 6 N–H and O–H groups in total. The molecule has 184 valence electrons. The second-order valence-electron chi connectivity index (χ2n) is 7.19. The number of carbonyl (C=O) groups is 3. The van der Waals surface area contributed by atoms with Crippen LogP contribution in [0.25, 0.3) is 0 Å². The van der Waals surface area contributed by atoms with Gasteiger partial charge in [-0.3, -0.25) is 14.4 Å². The molecule has 0 heterocycles. The molecule has 0 spiro atoms. The van der Waals surface area contributed by atoms with E-state index in [1.54, 1.807) is 12.2 Å². The van der Waals surface area contributed by atoms with E-state index in [1.165, 1.54) is 0 Å². The summed E-state index contributed by atoms with van der Waals surface area (Å²) < 4.78 is 39.1. The zero-order chi connectivity index (χ0) is 25.5. The van der Waals surface area contributed by atoms with Crippen molar-refractivity contribution in [2.45, 2.75) is 29.9 Å². The van der Waals surface area contributed by atoms with E-state index in [2.05, 4.69) is 52.9 Å². The van der Waals surface area contributed by atoms with Gasteiger partial charge in [-0.25, -0.2) is 10.8 Å². The fourth-order valence-electron chi connectivity index (χ4n) is 3.03. The molecule has 0 bridgehead atoms. The van der Waals surface area contributed by atoms with Crippen molar-refractivity contribution < 1.29 is 32.7 Å². The molecule has 1 unspecified atom stereocenters. The largest absolute Gasteiger partial charge is 0.481 e. The molecule has 2 rings (SSSR count). The quantitative estimate of drug-likeness (QED) is 0.0725. The number of nitrogens with zero attached hydrogens (tertiary/aromatic N) is 1. The first-order valence-electron chi connectivity index (χ1n) is 9.60. The van der Waals surface area contributed by atoms with Crippen LogP contribution in [0.2, 0.25) is 0 Å². The van der Waals surface area contributed by atoms with Crippen LogP contribution in [0.5, 0.6) is 0 Å². The molecule has 0 fully saturated rings. The summed E-state index contributed by atoms with van der Waals surface area (Å²) in [4.78, 5) is 39.4. The van der Waals surface area contributed by atoms with Gasteiger partial charge >= 0.3 is 12.1 Å². The van der Waals surface area contributed by atoms with Gasteiger partial charge in [0, 0.05) is 22.9 Å². The number of halogens is 5. The van der Waals surface area contributed by atoms with E-state index >= 15 is 0 Å². The number of nitrogens with one attached hydrogen (secondary N) is 3. The number of nitrogens with two attached hydrogens (primary N) is 1. The summed E-state index contributed by atoms with van der Waals surface area (Å²) in [6.07, 6.45) is 0.114. The number of amides is 2. The topological polar surface area (TPSA) is 146 Å². The number of allylic oxidation sites excluding steroid dienone is 2. The Bertz CT molecular complexity index is 1060. The fraction of sp³-hybridized carbons (Fsp3) is 0.300. The molecule has 1 atom stereocenters. The maximum atomic E-state index is 13.2. The van der Waals surface area contributed by atoms with E-state index in [0.29, 0.717) is 10.5 Å². The van der Waals surface area contributed by atoms with Crippen molar-refractivity contribution >= 4 is 61.7 Å². The Morgan fingerprint density at radius 3 is 2.59 bits per heavy atom. The Balaban J connectivity index is 2.06. The number of carboxylic acid groups (broad SMARTS) is 1. The van der Waals surface area contributed by atoms with Crippen molar-refractivity contribution in [3.05, 3.63) is 51.5 Å². The van der Waals surface area contributed by atoms with Gasteiger partial charge in [0.2, 0.25) is 5.91 Å². The molecule has 34 heavy (non-hydrogen) atoms. The molecule has 9 nitrogen and oxygen atoms in total. The Labute approximate surface area is 209 Å². The van der Waals surface area contributed by atoms with Crippen LogP contribution in [0.3, 0.4) is 0 Å². The van der Waals surface area contributed by atoms with Gasteiger partial charge in [-0.05, 0) is 36.8 Å². The third-order valence-corrected chi connectivity index (χ3v) is 5.57. The number of carboxylic acids is 1. The van der Waals surface area contributed by atoms with Crippen LogP contribution >= 0.6 is 31.9 Å². The predicted molar refractivity (Wildman–Crippen MR) is 126 cm³/mol. The lowest BCUT2D eigenvalue weighted by Gasteiger charge is -2.30. The average molecular weight is 611 g/mol. The van der Waals surface area contributed by atoms with Gasteiger partial charge in [0.05, 0.1) is 17.8 Å². The molecule has 0 saturated carbocycles. The lowest BCUT2D eigenvalue weighted by atomic mass is 9.96. The Morgan fingerprint density at radius 2 is 1.97 bits per heavy atom. The van der Waals surface area contributed by atoms with Gasteiger partial charge in [-0.15, -0.1) is 0 Å². The van der Waals surface area contributed by atoms with Crippen LogP contribution in [-0.4, -0.2) is 40.2 Å². The fourth-order valence-corrected chi connectivity index (χ4v) is 4.88. The van der Waals surface area contributed by atoms with Crippen molar-refractivity contribution in [1.29, 1.82) is 0 Å². The molecule has 1 aliphatic carbocycles. The number of rotatable bonds is 9. The van der Waals surface area contributed by atoms with Crippen LogP contribution in [0, 0.1) is 0 Å². The van der Waals surface area contributed by atoms with Gasteiger partial charge in [0.25, 0.3) is 5.91 Å². The Kier molecular flexibility index (Phi) is 9.41. The number of hydrazine groups is 1. The third kappa shape index (κ3) is 8.57. The lowest BCUT2D eigenvalue weighted by molar-refractivity contribution is -0.138. The van der Waals surface area contributed by atoms with Crippen LogP contribution in [-0.2, 0) is 15.8 Å². The predicted octanol–water partition coefficient (Wildman–Crippen LogP) is 3.24. The number of aliphatic carboxylic acids is 1. The molecular formula is C20H20Br2F3N5O4. The van der Waals surface area contributed by atoms with Gasteiger partial charge in [-0.2, -0.15) is 13.2 Å². The lowest BCUT2D eigenvalue weighted by Crippen LogP contribution is -2.47. The SMILES string of the molecule is NNC=Nc1cc(C(=O)NCC(=O)NC2(Br)C=C(Br)C=C(CCC(=O)O)C2)cc(C(F)(F)F)c1. The first kappa shape index (κ1) is 27.5. The highest BCUT2D eigenvalue weighted by molar-refractivity contribution is 9.12. The van der Waals surface area contributed by atoms with E-state index in [4.69, 9.17) is 10.9 Å². The smallest absolute Gasteiger partial charge is 0.416 e. The van der Waals surface area contributed by atoms with Gasteiger partial charge < -0.3 is 21.2 Å². The maximum Gasteiger partial charge on any atom is 0.416 e. The van der Waals surface area contributed by atoms with Crippen molar-refractivity contribution in [3.63, 3.8) is 0 Å². The first-order chi connectivity index (χ1) is 15.8. The molecule has 0 saturated heterocycles. The number of hydrogen-bond donors (Lipinski definition) is 5. The minimum atomic E-state index is -4.72. The Hall–Kier alpha value is -2.71. The zero-order valence-corrected chi connectivity index (χ0v) is 20.6. The second kappa shape index (κ2) is 11.6. The van der Waals surface area contributed by atoms with Crippen LogP contribution in [0.1, 0.15) is 35.2 Å². The van der Waals surface area contributed by atoms with Gasteiger partial charge in [0.1, 0.15) is 10.8 Å². The van der Waals surface area contributed by atoms with Crippen LogP contribution in [0.4, 0.5) is 18.9 Å². The van der Waals surface area contributed by atoms with E-state index in [-0.39, 0.29) is 30.5 Å². The normalized spacial score (nSPS) is 18.2. The van der Waals surface area contributed by atoms with E-state index in [0.717, 1.165) is 24.0 Å². The number of aliphatic imine (C=N–C) groups is 1.